The first-order chi connectivity index (χ1) is 9.26. The number of aryl methyl sites for hydroxylation is 1. The van der Waals surface area contributed by atoms with E-state index in [4.69, 9.17) is 0 Å². The molecule has 2 aromatic heterocycles. The predicted molar refractivity (Wildman–Crippen MR) is 75.4 cm³/mol. The normalized spacial score (nSPS) is 11.1. The number of aromatic nitrogens is 3. The highest BCUT2D eigenvalue weighted by molar-refractivity contribution is 5.80. The Bertz CT molecular complexity index is 601. The van der Waals surface area contributed by atoms with E-state index in [9.17, 15) is 4.79 Å². The molecule has 2 rings (SSSR count). The molecule has 0 radical (unpaired) electrons. The predicted octanol–water partition coefficient (Wildman–Crippen LogP) is 2.79. The second-order valence-corrected chi connectivity index (χ2v) is 4.21. The first-order valence-corrected chi connectivity index (χ1v) is 6.24. The summed E-state index contributed by atoms with van der Waals surface area (Å²) in [5, 5.41) is 3.95. The second-order valence-electron chi connectivity index (χ2n) is 4.21. The fourth-order valence-electron chi connectivity index (χ4n) is 1.77. The van der Waals surface area contributed by atoms with Crippen LogP contribution in [0.1, 0.15) is 25.5 Å². The van der Waals surface area contributed by atoms with Crippen LogP contribution in [0.15, 0.2) is 29.6 Å². The average Bonchev–Trinajstić information content (AvgIpc) is 2.89. The highest BCUT2D eigenvalue weighted by Crippen LogP contribution is 2.31. The van der Waals surface area contributed by atoms with E-state index in [1.54, 1.807) is 18.6 Å². The van der Waals surface area contributed by atoms with Gasteiger partial charge in [0.2, 0.25) is 6.41 Å². The highest BCUT2D eigenvalue weighted by atomic mass is 16.1. The smallest absolute Gasteiger partial charge is 0.234 e. The lowest BCUT2D eigenvalue weighted by molar-refractivity contribution is 0.540. The molecule has 2 aromatic rings. The van der Waals surface area contributed by atoms with Crippen LogP contribution in [0.4, 0.5) is 5.69 Å². The van der Waals surface area contributed by atoms with Crippen molar-refractivity contribution in [2.45, 2.75) is 26.7 Å². The molecule has 0 aliphatic rings. The molecule has 0 aliphatic heterocycles. The van der Waals surface area contributed by atoms with Crippen molar-refractivity contribution in [3.05, 3.63) is 30.4 Å². The zero-order valence-electron chi connectivity index (χ0n) is 11.1. The number of rotatable bonds is 5. The molecule has 0 fully saturated rings. The number of carbonyl (C=O) groups excluding carboxylic acids is 1. The maximum absolute atomic E-state index is 10.7. The monoisotopic (exact) mass is 256 g/mol. The van der Waals surface area contributed by atoms with Gasteiger partial charge in [-0.1, -0.05) is 13.3 Å². The maximum atomic E-state index is 10.7. The van der Waals surface area contributed by atoms with Crippen molar-refractivity contribution in [3.63, 3.8) is 0 Å². The zero-order chi connectivity index (χ0) is 13.7. The van der Waals surface area contributed by atoms with E-state index in [1.807, 2.05) is 19.2 Å². The number of carbonyl (C=O) groups is 1. The fourth-order valence-corrected chi connectivity index (χ4v) is 1.77. The third-order valence-corrected chi connectivity index (χ3v) is 2.77. The molecule has 0 saturated carbocycles. The van der Waals surface area contributed by atoms with Crippen molar-refractivity contribution in [2.24, 2.45) is 4.99 Å². The Morgan fingerprint density at radius 2 is 2.32 bits per heavy atom. The van der Waals surface area contributed by atoms with Gasteiger partial charge in [-0.05, 0) is 19.4 Å². The summed E-state index contributed by atoms with van der Waals surface area (Å²) in [5.74, 6) is 0. The Hall–Kier alpha value is -2.30. The van der Waals surface area contributed by atoms with Crippen molar-refractivity contribution in [1.82, 2.24) is 14.8 Å². The van der Waals surface area contributed by atoms with E-state index in [-0.39, 0.29) is 0 Å². The molecule has 0 bridgehead atoms. The molecule has 0 unspecified atom stereocenters. The van der Waals surface area contributed by atoms with E-state index < -0.39 is 0 Å². The van der Waals surface area contributed by atoms with Gasteiger partial charge in [0.1, 0.15) is 0 Å². The summed E-state index contributed by atoms with van der Waals surface area (Å²) in [6.07, 6.45) is 9.63. The third-order valence-electron chi connectivity index (χ3n) is 2.77. The van der Waals surface area contributed by atoms with Gasteiger partial charge in [0.05, 0.1) is 17.6 Å². The first-order valence-electron chi connectivity index (χ1n) is 6.24. The number of unbranched alkanes of at least 4 members (excludes halogenated alkanes) is 1. The van der Waals surface area contributed by atoms with Crippen LogP contribution in [0, 0.1) is 6.92 Å². The van der Waals surface area contributed by atoms with E-state index in [2.05, 4.69) is 22.0 Å². The summed E-state index contributed by atoms with van der Waals surface area (Å²) in [4.78, 5) is 19.4. The SMILES string of the molecule is CCC/C=N\c1c(-c2cnn(C=O)c2)ccnc1C. The summed E-state index contributed by atoms with van der Waals surface area (Å²) < 4.78 is 1.24. The number of hydrogen-bond acceptors (Lipinski definition) is 4. The van der Waals surface area contributed by atoms with Crippen LogP contribution in [0.3, 0.4) is 0 Å². The van der Waals surface area contributed by atoms with Crippen molar-refractivity contribution in [3.8, 4) is 11.1 Å². The van der Waals surface area contributed by atoms with E-state index in [0.29, 0.717) is 6.41 Å². The second kappa shape index (κ2) is 6.04. The standard InChI is InChI=1S/C14H16N4O/c1-3-4-6-16-14-11(2)15-7-5-13(14)12-8-17-18(9-12)10-19/h5-10H,3-4H2,1-2H3/b16-6-. The molecule has 0 amide bonds. The fraction of sp³-hybridized carbons (Fsp3) is 0.286. The number of pyridine rings is 1. The molecule has 0 spiro atoms. The molecule has 0 atom stereocenters. The largest absolute Gasteiger partial charge is 0.276 e. The third kappa shape index (κ3) is 2.93. The Morgan fingerprint density at radius 1 is 1.47 bits per heavy atom. The van der Waals surface area contributed by atoms with Crippen molar-refractivity contribution in [1.29, 1.82) is 0 Å². The average molecular weight is 256 g/mol. The summed E-state index contributed by atoms with van der Waals surface area (Å²) in [6, 6.07) is 1.89. The summed E-state index contributed by atoms with van der Waals surface area (Å²) >= 11 is 0. The van der Waals surface area contributed by atoms with Gasteiger partial charge in [-0.3, -0.25) is 14.8 Å². The molecule has 0 saturated heterocycles. The quantitative estimate of drug-likeness (QED) is 0.610. The molecule has 2 heterocycles. The Labute approximate surface area is 112 Å². The van der Waals surface area contributed by atoms with Crippen LogP contribution in [0.25, 0.3) is 11.1 Å². The van der Waals surface area contributed by atoms with Gasteiger partial charge in [-0.25, -0.2) is 4.68 Å². The van der Waals surface area contributed by atoms with Crippen LogP contribution in [0.2, 0.25) is 0 Å². The molecular weight excluding hydrogens is 240 g/mol. The lowest BCUT2D eigenvalue weighted by Crippen LogP contribution is -1.92. The molecule has 0 N–H and O–H groups in total. The van der Waals surface area contributed by atoms with Gasteiger partial charge in [0, 0.05) is 29.7 Å². The Morgan fingerprint density at radius 3 is 3.00 bits per heavy atom. The van der Waals surface area contributed by atoms with Gasteiger partial charge in [-0.2, -0.15) is 5.10 Å². The van der Waals surface area contributed by atoms with E-state index in [1.165, 1.54) is 4.68 Å². The number of aliphatic imine (C=N–C) groups is 1. The van der Waals surface area contributed by atoms with Gasteiger partial charge >= 0.3 is 0 Å². The Kier molecular flexibility index (Phi) is 4.18. The van der Waals surface area contributed by atoms with Crippen LogP contribution in [-0.2, 0) is 4.79 Å². The van der Waals surface area contributed by atoms with Crippen molar-refractivity contribution >= 4 is 18.3 Å². The molecule has 0 aliphatic carbocycles. The first kappa shape index (κ1) is 13.1. The summed E-state index contributed by atoms with van der Waals surface area (Å²) in [5.41, 5.74) is 3.50. The number of hydrogen-bond donors (Lipinski definition) is 0. The van der Waals surface area contributed by atoms with Crippen molar-refractivity contribution < 1.29 is 4.79 Å². The summed E-state index contributed by atoms with van der Waals surface area (Å²) in [6.45, 7) is 4.03. The minimum atomic E-state index is 0.664. The van der Waals surface area contributed by atoms with Crippen LogP contribution in [0.5, 0.6) is 0 Å². The number of nitrogens with zero attached hydrogens (tertiary/aromatic N) is 4. The van der Waals surface area contributed by atoms with Gasteiger partial charge in [0.25, 0.3) is 0 Å². The van der Waals surface area contributed by atoms with Gasteiger partial charge in [0.15, 0.2) is 0 Å². The van der Waals surface area contributed by atoms with E-state index in [0.717, 1.165) is 35.3 Å². The Balaban J connectivity index is 2.44. The lowest BCUT2D eigenvalue weighted by atomic mass is 10.1. The van der Waals surface area contributed by atoms with Crippen LogP contribution < -0.4 is 0 Å². The summed E-state index contributed by atoms with van der Waals surface area (Å²) in [7, 11) is 0. The molecule has 98 valence electrons. The maximum Gasteiger partial charge on any atom is 0.234 e. The minimum Gasteiger partial charge on any atom is -0.276 e. The molecule has 5 heteroatoms. The molecule has 19 heavy (non-hydrogen) atoms. The molecule has 0 aromatic carbocycles. The van der Waals surface area contributed by atoms with Crippen LogP contribution >= 0.6 is 0 Å². The minimum absolute atomic E-state index is 0.664. The van der Waals surface area contributed by atoms with Gasteiger partial charge < -0.3 is 0 Å². The molecular formula is C14H16N4O. The molecule has 5 nitrogen and oxygen atoms in total. The van der Waals surface area contributed by atoms with E-state index >= 15 is 0 Å². The van der Waals surface area contributed by atoms with Crippen molar-refractivity contribution in [2.75, 3.05) is 0 Å². The lowest BCUT2D eigenvalue weighted by Gasteiger charge is -2.05. The van der Waals surface area contributed by atoms with Crippen LogP contribution in [-0.4, -0.2) is 27.4 Å². The zero-order valence-corrected chi connectivity index (χ0v) is 11.1. The topological polar surface area (TPSA) is 60.1 Å². The van der Waals surface area contributed by atoms with Gasteiger partial charge in [-0.15, -0.1) is 0 Å². The highest BCUT2D eigenvalue weighted by Gasteiger charge is 2.09.